The molecule has 0 spiro atoms. The van der Waals surface area contributed by atoms with Crippen LogP contribution < -0.4 is 10.9 Å². The summed E-state index contributed by atoms with van der Waals surface area (Å²) < 4.78 is 0. The van der Waals surface area contributed by atoms with E-state index in [1.54, 1.807) is 6.92 Å². The van der Waals surface area contributed by atoms with E-state index in [1.165, 1.54) is 13.1 Å². The van der Waals surface area contributed by atoms with Gasteiger partial charge >= 0.3 is 0 Å². The first kappa shape index (κ1) is 11.3. The Bertz CT molecular complexity index is 537. The number of aromatic amines is 1. The van der Waals surface area contributed by atoms with Crippen molar-refractivity contribution in [1.82, 2.24) is 14.9 Å². The molecule has 17 heavy (non-hydrogen) atoms. The van der Waals surface area contributed by atoms with Gasteiger partial charge in [0.1, 0.15) is 17.7 Å². The Morgan fingerprint density at radius 1 is 1.47 bits per heavy atom. The SMILES string of the molecule is Cc1nc(NC2CC(=O)N(C)C2=O)cc(=O)[nH]1. The third kappa shape index (κ3) is 2.17. The highest BCUT2D eigenvalue weighted by Gasteiger charge is 2.36. The number of H-pyrrole nitrogens is 1. The molecule has 2 amide bonds. The fourth-order valence-corrected chi connectivity index (χ4v) is 1.70. The number of anilines is 1. The van der Waals surface area contributed by atoms with Gasteiger partial charge < -0.3 is 10.3 Å². The molecular formula is C10H12N4O3. The van der Waals surface area contributed by atoms with Gasteiger partial charge in [-0.1, -0.05) is 0 Å². The number of aryl methyl sites for hydroxylation is 1. The van der Waals surface area contributed by atoms with Crippen molar-refractivity contribution in [3.05, 3.63) is 22.2 Å². The van der Waals surface area contributed by atoms with Crippen molar-refractivity contribution in [3.8, 4) is 0 Å². The van der Waals surface area contributed by atoms with E-state index in [9.17, 15) is 14.4 Å². The number of amides is 2. The summed E-state index contributed by atoms with van der Waals surface area (Å²) in [7, 11) is 1.43. The third-order valence-electron chi connectivity index (χ3n) is 2.56. The van der Waals surface area contributed by atoms with Crippen LogP contribution in [0.2, 0.25) is 0 Å². The van der Waals surface area contributed by atoms with E-state index in [0.29, 0.717) is 11.6 Å². The number of nitrogens with one attached hydrogen (secondary N) is 2. The van der Waals surface area contributed by atoms with Gasteiger partial charge in [0.15, 0.2) is 0 Å². The van der Waals surface area contributed by atoms with Crippen LogP contribution in [0.4, 0.5) is 5.82 Å². The van der Waals surface area contributed by atoms with Crippen LogP contribution in [-0.2, 0) is 9.59 Å². The van der Waals surface area contributed by atoms with Gasteiger partial charge in [0.2, 0.25) is 5.91 Å². The van der Waals surface area contributed by atoms with E-state index in [-0.39, 0.29) is 23.8 Å². The summed E-state index contributed by atoms with van der Waals surface area (Å²) in [5, 5.41) is 2.79. The van der Waals surface area contributed by atoms with Crippen molar-refractivity contribution in [1.29, 1.82) is 0 Å². The van der Waals surface area contributed by atoms with Crippen molar-refractivity contribution >= 4 is 17.6 Å². The average molecular weight is 236 g/mol. The number of hydrogen-bond acceptors (Lipinski definition) is 5. The second-order valence-electron chi connectivity index (χ2n) is 3.91. The molecule has 1 unspecified atom stereocenters. The first-order valence-corrected chi connectivity index (χ1v) is 5.12. The average Bonchev–Trinajstić information content (AvgIpc) is 2.45. The molecule has 1 aromatic rings. The molecule has 1 aromatic heterocycles. The van der Waals surface area contributed by atoms with Gasteiger partial charge in [0, 0.05) is 13.1 Å². The summed E-state index contributed by atoms with van der Waals surface area (Å²) in [6, 6.07) is 0.615. The molecule has 1 aliphatic heterocycles. The van der Waals surface area contributed by atoms with Crippen LogP contribution in [0.15, 0.2) is 10.9 Å². The predicted octanol–water partition coefficient (Wildman–Crippen LogP) is -0.752. The van der Waals surface area contributed by atoms with Gasteiger partial charge in [-0.15, -0.1) is 0 Å². The molecule has 2 heterocycles. The van der Waals surface area contributed by atoms with Crippen LogP contribution in [0.25, 0.3) is 0 Å². The summed E-state index contributed by atoms with van der Waals surface area (Å²) in [6.07, 6.45) is 0.0862. The molecule has 90 valence electrons. The maximum absolute atomic E-state index is 11.6. The summed E-state index contributed by atoms with van der Waals surface area (Å²) in [6.45, 7) is 1.64. The smallest absolute Gasteiger partial charge is 0.252 e. The highest BCUT2D eigenvalue weighted by molar-refractivity contribution is 6.06. The zero-order valence-corrected chi connectivity index (χ0v) is 9.48. The van der Waals surface area contributed by atoms with Crippen molar-refractivity contribution in [2.24, 2.45) is 0 Å². The van der Waals surface area contributed by atoms with Gasteiger partial charge in [-0.25, -0.2) is 4.98 Å². The summed E-state index contributed by atoms with van der Waals surface area (Å²) in [5.74, 6) is 0.196. The van der Waals surface area contributed by atoms with E-state index in [1.807, 2.05) is 0 Å². The maximum Gasteiger partial charge on any atom is 0.252 e. The highest BCUT2D eigenvalue weighted by Crippen LogP contribution is 2.14. The van der Waals surface area contributed by atoms with Gasteiger partial charge in [-0.2, -0.15) is 0 Å². The molecule has 7 nitrogen and oxygen atoms in total. The van der Waals surface area contributed by atoms with Crippen LogP contribution in [-0.4, -0.2) is 39.8 Å². The van der Waals surface area contributed by atoms with Gasteiger partial charge in [-0.3, -0.25) is 19.3 Å². The number of hydrogen-bond donors (Lipinski definition) is 2. The zero-order valence-electron chi connectivity index (χ0n) is 9.48. The number of imide groups is 1. The van der Waals surface area contributed by atoms with E-state index in [0.717, 1.165) is 4.90 Å². The summed E-state index contributed by atoms with van der Waals surface area (Å²) in [5.41, 5.74) is -0.301. The molecule has 0 radical (unpaired) electrons. The van der Waals surface area contributed by atoms with Crippen LogP contribution in [0, 0.1) is 6.92 Å². The van der Waals surface area contributed by atoms with Crippen LogP contribution in [0.5, 0.6) is 0 Å². The molecule has 2 N–H and O–H groups in total. The molecule has 1 aliphatic rings. The lowest BCUT2D eigenvalue weighted by molar-refractivity contribution is -0.136. The predicted molar refractivity (Wildman–Crippen MR) is 59.4 cm³/mol. The van der Waals surface area contributed by atoms with Crippen molar-refractivity contribution in [3.63, 3.8) is 0 Å². The van der Waals surface area contributed by atoms with Gasteiger partial charge in [0.05, 0.1) is 6.42 Å². The van der Waals surface area contributed by atoms with E-state index in [4.69, 9.17) is 0 Å². The largest absolute Gasteiger partial charge is 0.358 e. The number of carbonyl (C=O) groups excluding carboxylic acids is 2. The molecular weight excluding hydrogens is 224 g/mol. The van der Waals surface area contributed by atoms with Gasteiger partial charge in [0.25, 0.3) is 11.5 Å². The quantitative estimate of drug-likeness (QED) is 0.658. The molecule has 7 heteroatoms. The van der Waals surface area contributed by atoms with Crippen LogP contribution in [0.1, 0.15) is 12.2 Å². The Labute approximate surface area is 96.8 Å². The summed E-state index contributed by atoms with van der Waals surface area (Å²) >= 11 is 0. The molecule has 0 aromatic carbocycles. The maximum atomic E-state index is 11.6. The lowest BCUT2D eigenvalue weighted by Gasteiger charge is -2.11. The second kappa shape index (κ2) is 4.00. The Morgan fingerprint density at radius 3 is 2.71 bits per heavy atom. The minimum atomic E-state index is -0.638. The standard InChI is InChI=1S/C10H12N4O3/c1-5-11-7(4-8(15)12-5)13-6-3-9(16)14(2)10(6)17/h4,6H,3H2,1-2H3,(H2,11,12,13,15). The minimum Gasteiger partial charge on any atom is -0.358 e. The minimum absolute atomic E-state index is 0.0862. The van der Waals surface area contributed by atoms with Crippen molar-refractivity contribution < 1.29 is 9.59 Å². The van der Waals surface area contributed by atoms with Gasteiger partial charge in [-0.05, 0) is 6.92 Å². The number of rotatable bonds is 2. The zero-order chi connectivity index (χ0) is 12.6. The first-order valence-electron chi connectivity index (χ1n) is 5.12. The third-order valence-corrected chi connectivity index (χ3v) is 2.56. The lowest BCUT2D eigenvalue weighted by atomic mass is 10.2. The monoisotopic (exact) mass is 236 g/mol. The molecule has 1 atom stereocenters. The number of carbonyl (C=O) groups is 2. The topological polar surface area (TPSA) is 95.2 Å². The molecule has 1 saturated heterocycles. The van der Waals surface area contributed by atoms with Crippen LogP contribution >= 0.6 is 0 Å². The Kier molecular flexibility index (Phi) is 2.66. The van der Waals surface area contributed by atoms with E-state index < -0.39 is 6.04 Å². The Morgan fingerprint density at radius 2 is 2.18 bits per heavy atom. The van der Waals surface area contributed by atoms with E-state index in [2.05, 4.69) is 15.3 Å². The molecule has 0 bridgehead atoms. The molecule has 1 fully saturated rings. The Hall–Kier alpha value is -2.18. The number of nitrogens with zero attached hydrogens (tertiary/aromatic N) is 2. The number of likely N-dealkylation sites (tertiary alicyclic amines) is 1. The first-order chi connectivity index (χ1) is 7.97. The van der Waals surface area contributed by atoms with E-state index >= 15 is 0 Å². The normalized spacial score (nSPS) is 19.9. The summed E-state index contributed by atoms with van der Waals surface area (Å²) in [4.78, 5) is 41.7. The lowest BCUT2D eigenvalue weighted by Crippen LogP contribution is -2.32. The van der Waals surface area contributed by atoms with Crippen LogP contribution in [0.3, 0.4) is 0 Å². The van der Waals surface area contributed by atoms with Crippen molar-refractivity contribution in [2.45, 2.75) is 19.4 Å². The Balaban J connectivity index is 2.19. The number of aromatic nitrogens is 2. The fraction of sp³-hybridized carbons (Fsp3) is 0.400. The fourth-order valence-electron chi connectivity index (χ4n) is 1.70. The molecule has 0 aliphatic carbocycles. The highest BCUT2D eigenvalue weighted by atomic mass is 16.2. The number of likely N-dealkylation sites (N-methyl/N-ethyl adjacent to an activating group) is 1. The second-order valence-corrected chi connectivity index (χ2v) is 3.91. The molecule has 2 rings (SSSR count). The molecule has 0 saturated carbocycles. The van der Waals surface area contributed by atoms with Crippen molar-refractivity contribution in [2.75, 3.05) is 12.4 Å².